The van der Waals surface area contributed by atoms with Gasteiger partial charge < -0.3 is 19.5 Å². The molecular formula is C18H29F3N2O5. The molecule has 2 aliphatic heterocycles. The van der Waals surface area contributed by atoms with Gasteiger partial charge in [-0.1, -0.05) is 12.8 Å². The van der Waals surface area contributed by atoms with E-state index in [-0.39, 0.29) is 6.10 Å². The molecule has 28 heavy (non-hydrogen) atoms. The Morgan fingerprint density at radius 2 is 1.86 bits per heavy atom. The monoisotopic (exact) mass is 410 g/mol. The third-order valence-electron chi connectivity index (χ3n) is 5.53. The Balaban J connectivity index is 0.000000345. The summed E-state index contributed by atoms with van der Waals surface area (Å²) in [4.78, 5) is 25.9. The van der Waals surface area contributed by atoms with E-state index in [0.29, 0.717) is 17.9 Å². The Morgan fingerprint density at radius 1 is 1.21 bits per heavy atom. The topological polar surface area (TPSA) is 79.3 Å². The summed E-state index contributed by atoms with van der Waals surface area (Å²) in [6, 6.07) is 0.362. The molecule has 1 aliphatic carbocycles. The van der Waals surface area contributed by atoms with E-state index < -0.39 is 12.1 Å². The van der Waals surface area contributed by atoms with Gasteiger partial charge in [-0.05, 0) is 18.8 Å². The van der Waals surface area contributed by atoms with Gasteiger partial charge in [0.25, 0.3) is 0 Å². The third-order valence-corrected chi connectivity index (χ3v) is 5.53. The van der Waals surface area contributed by atoms with Gasteiger partial charge >= 0.3 is 12.1 Å². The first-order valence-electron chi connectivity index (χ1n) is 9.64. The number of morpholine rings is 1. The molecule has 10 heteroatoms. The highest BCUT2D eigenvalue weighted by molar-refractivity contribution is 5.77. The van der Waals surface area contributed by atoms with E-state index in [0.717, 1.165) is 45.8 Å². The highest BCUT2D eigenvalue weighted by atomic mass is 19.4. The normalized spacial score (nSPS) is 25.9. The number of alkyl halides is 3. The summed E-state index contributed by atoms with van der Waals surface area (Å²) in [5, 5.41) is 7.12. The molecule has 1 amide bonds. The Hall–Kier alpha value is -1.39. The van der Waals surface area contributed by atoms with Crippen molar-refractivity contribution < 1.29 is 37.3 Å². The van der Waals surface area contributed by atoms with Gasteiger partial charge in [0.15, 0.2) is 0 Å². The molecule has 1 N–H and O–H groups in total. The number of carbonyl (C=O) groups excluding carboxylic acids is 1. The summed E-state index contributed by atoms with van der Waals surface area (Å²) in [6.07, 6.45) is 0.945. The maximum Gasteiger partial charge on any atom is 0.490 e. The fourth-order valence-corrected chi connectivity index (χ4v) is 4.04. The summed E-state index contributed by atoms with van der Waals surface area (Å²) in [5.41, 5.74) is 0. The minimum atomic E-state index is -5.08. The number of nitrogens with zero attached hydrogens (tertiary/aromatic N) is 2. The van der Waals surface area contributed by atoms with Crippen LogP contribution in [0.3, 0.4) is 0 Å². The third kappa shape index (κ3) is 6.59. The van der Waals surface area contributed by atoms with E-state index in [4.69, 9.17) is 19.4 Å². The van der Waals surface area contributed by atoms with Crippen LogP contribution in [0.2, 0.25) is 0 Å². The summed E-state index contributed by atoms with van der Waals surface area (Å²) in [7, 11) is 1.74. The molecule has 0 unspecified atom stereocenters. The zero-order valence-corrected chi connectivity index (χ0v) is 16.1. The van der Waals surface area contributed by atoms with Crippen LogP contribution in [0.15, 0.2) is 0 Å². The Bertz CT molecular complexity index is 526. The Labute approximate surface area is 162 Å². The quantitative estimate of drug-likeness (QED) is 0.744. The summed E-state index contributed by atoms with van der Waals surface area (Å²) >= 11 is 0. The van der Waals surface area contributed by atoms with Crippen LogP contribution in [0.5, 0.6) is 0 Å². The fraction of sp³-hybridized carbons (Fsp3) is 0.889. The van der Waals surface area contributed by atoms with Crippen molar-refractivity contribution in [3.05, 3.63) is 0 Å². The molecule has 3 rings (SSSR count). The van der Waals surface area contributed by atoms with Crippen LogP contribution in [0.25, 0.3) is 0 Å². The van der Waals surface area contributed by atoms with Crippen LogP contribution in [0.1, 0.15) is 32.1 Å². The molecule has 0 radical (unpaired) electrons. The van der Waals surface area contributed by atoms with Gasteiger partial charge in [-0.25, -0.2) is 4.79 Å². The summed E-state index contributed by atoms with van der Waals surface area (Å²) < 4.78 is 42.8. The molecule has 0 bridgehead atoms. The van der Waals surface area contributed by atoms with Crippen molar-refractivity contribution in [3.8, 4) is 0 Å². The van der Waals surface area contributed by atoms with Gasteiger partial charge in [0, 0.05) is 39.7 Å². The Morgan fingerprint density at radius 3 is 2.43 bits per heavy atom. The van der Waals surface area contributed by atoms with Crippen LogP contribution in [-0.4, -0.2) is 91.6 Å². The lowest BCUT2D eigenvalue weighted by Gasteiger charge is -2.36. The van der Waals surface area contributed by atoms with E-state index in [1.54, 1.807) is 7.11 Å². The fourth-order valence-electron chi connectivity index (χ4n) is 4.04. The number of amides is 1. The molecule has 0 aromatic heterocycles. The number of carbonyl (C=O) groups is 2. The van der Waals surface area contributed by atoms with Crippen LogP contribution in [0, 0.1) is 5.92 Å². The predicted octanol–water partition coefficient (Wildman–Crippen LogP) is 1.76. The molecule has 2 heterocycles. The molecule has 3 aliphatic rings. The standard InChI is InChI=1S/C16H28N2O3.C2HF3O2/c1-20-8-6-17-7-9-21-15-12-18(11-14(15)17)16(19)10-13-4-2-3-5-13;3-2(4,5)1(6)7/h13-15H,2-12H2,1H3;(H,6,7)/t14-,15+;/m1./s1. The van der Waals surface area contributed by atoms with Gasteiger partial charge in [-0.3, -0.25) is 9.69 Å². The van der Waals surface area contributed by atoms with E-state index in [2.05, 4.69) is 4.90 Å². The molecule has 1 saturated carbocycles. The first-order chi connectivity index (χ1) is 13.2. The second kappa shape index (κ2) is 10.4. The molecule has 2 saturated heterocycles. The van der Waals surface area contributed by atoms with Crippen LogP contribution >= 0.6 is 0 Å². The second-order valence-electron chi connectivity index (χ2n) is 7.46. The molecule has 0 aromatic carbocycles. The van der Waals surface area contributed by atoms with E-state index >= 15 is 0 Å². The molecule has 2 atom stereocenters. The second-order valence-corrected chi connectivity index (χ2v) is 7.46. The maximum atomic E-state index is 12.5. The number of hydrogen-bond donors (Lipinski definition) is 1. The lowest BCUT2D eigenvalue weighted by molar-refractivity contribution is -0.192. The molecule has 0 spiro atoms. The van der Waals surface area contributed by atoms with Gasteiger partial charge in [-0.2, -0.15) is 13.2 Å². The SMILES string of the molecule is COCCN1CCO[C@H]2CN(C(=O)CC3CCCC3)C[C@H]21.O=C(O)C(F)(F)F. The number of rotatable bonds is 5. The van der Waals surface area contributed by atoms with Crippen molar-refractivity contribution >= 4 is 11.9 Å². The molecule has 162 valence electrons. The number of carboxylic acid groups (broad SMARTS) is 1. The molecular weight excluding hydrogens is 381 g/mol. The van der Waals surface area contributed by atoms with Crippen molar-refractivity contribution in [1.29, 1.82) is 0 Å². The number of likely N-dealkylation sites (tertiary alicyclic amines) is 1. The van der Waals surface area contributed by atoms with Crippen molar-refractivity contribution in [2.45, 2.75) is 50.4 Å². The summed E-state index contributed by atoms with van der Waals surface area (Å²) in [6.45, 7) is 5.02. The number of aliphatic carboxylic acids is 1. The predicted molar refractivity (Wildman–Crippen MR) is 93.8 cm³/mol. The minimum Gasteiger partial charge on any atom is -0.475 e. The van der Waals surface area contributed by atoms with Gasteiger partial charge in [0.1, 0.15) is 0 Å². The molecule has 7 nitrogen and oxygen atoms in total. The highest BCUT2D eigenvalue weighted by Gasteiger charge is 2.41. The minimum absolute atomic E-state index is 0.197. The number of methoxy groups -OCH3 is 1. The maximum absolute atomic E-state index is 12.5. The first-order valence-corrected chi connectivity index (χ1v) is 9.64. The van der Waals surface area contributed by atoms with Crippen LogP contribution in [-0.2, 0) is 19.1 Å². The van der Waals surface area contributed by atoms with E-state index in [9.17, 15) is 18.0 Å². The van der Waals surface area contributed by atoms with E-state index in [1.807, 2.05) is 4.90 Å². The number of fused-ring (bicyclic) bond motifs is 1. The summed E-state index contributed by atoms with van der Waals surface area (Å²) in [5.74, 6) is -1.79. The smallest absolute Gasteiger partial charge is 0.475 e. The van der Waals surface area contributed by atoms with Crippen molar-refractivity contribution in [2.75, 3.05) is 46.5 Å². The number of hydrogen-bond acceptors (Lipinski definition) is 5. The largest absolute Gasteiger partial charge is 0.490 e. The van der Waals surface area contributed by atoms with Crippen molar-refractivity contribution in [1.82, 2.24) is 9.80 Å². The Kier molecular flexibility index (Phi) is 8.51. The van der Waals surface area contributed by atoms with Gasteiger partial charge in [0.05, 0.1) is 25.4 Å². The average Bonchev–Trinajstić information content (AvgIpc) is 3.29. The van der Waals surface area contributed by atoms with Gasteiger partial charge in [0.2, 0.25) is 5.91 Å². The lowest BCUT2D eigenvalue weighted by atomic mass is 10.0. The molecule has 0 aromatic rings. The number of ether oxygens (including phenoxy) is 2. The van der Waals surface area contributed by atoms with Crippen LogP contribution < -0.4 is 0 Å². The van der Waals surface area contributed by atoms with E-state index in [1.165, 1.54) is 25.7 Å². The number of halogens is 3. The zero-order valence-electron chi connectivity index (χ0n) is 16.1. The average molecular weight is 410 g/mol. The first kappa shape index (κ1) is 22.9. The highest BCUT2D eigenvalue weighted by Crippen LogP contribution is 2.30. The molecule has 3 fully saturated rings. The van der Waals surface area contributed by atoms with Crippen LogP contribution in [0.4, 0.5) is 13.2 Å². The number of carboxylic acids is 1. The van der Waals surface area contributed by atoms with Crippen molar-refractivity contribution in [3.63, 3.8) is 0 Å². The van der Waals surface area contributed by atoms with Crippen molar-refractivity contribution in [2.24, 2.45) is 5.92 Å². The van der Waals surface area contributed by atoms with Gasteiger partial charge in [-0.15, -0.1) is 0 Å². The zero-order chi connectivity index (χ0) is 20.7. The lowest BCUT2D eigenvalue weighted by Crippen LogP contribution is -2.51.